The minimum Gasteiger partial charge on any atom is -0.332 e. The highest BCUT2D eigenvalue weighted by Crippen LogP contribution is 2.49. The summed E-state index contributed by atoms with van der Waals surface area (Å²) in [7, 11) is 0. The van der Waals surface area contributed by atoms with Crippen LogP contribution in [-0.4, -0.2) is 26.4 Å². The van der Waals surface area contributed by atoms with Gasteiger partial charge in [-0.3, -0.25) is 9.36 Å². The van der Waals surface area contributed by atoms with Gasteiger partial charge in [-0.1, -0.05) is 6.42 Å². The summed E-state index contributed by atoms with van der Waals surface area (Å²) in [5.41, 5.74) is 0. The Kier molecular flexibility index (Phi) is 3.85. The zero-order chi connectivity index (χ0) is 16.0. The second-order valence-corrected chi connectivity index (χ2v) is 7.42. The normalized spacial score (nSPS) is 29.4. The highest BCUT2D eigenvalue weighted by molar-refractivity contribution is 5.77. The van der Waals surface area contributed by atoms with Crippen molar-refractivity contribution in [3.8, 4) is 0 Å². The van der Waals surface area contributed by atoms with Crippen LogP contribution in [0.1, 0.15) is 57.3 Å². The number of rotatable bonds is 6. The third-order valence-electron chi connectivity index (χ3n) is 5.90. The summed E-state index contributed by atoms with van der Waals surface area (Å²) in [6.45, 7) is -2.39. The Labute approximate surface area is 134 Å². The molecule has 1 aromatic heterocycles. The van der Waals surface area contributed by atoms with Gasteiger partial charge in [0, 0.05) is 24.9 Å². The van der Waals surface area contributed by atoms with Gasteiger partial charge in [0.05, 0.1) is 6.54 Å². The minimum atomic E-state index is -2.60. The molecule has 4 nitrogen and oxygen atoms in total. The molecule has 6 heteroatoms. The summed E-state index contributed by atoms with van der Waals surface area (Å²) in [4.78, 5) is 18.6. The Morgan fingerprint density at radius 2 is 2.13 bits per heavy atom. The number of hydrogen-bond acceptors (Lipinski definition) is 2. The van der Waals surface area contributed by atoms with Crippen molar-refractivity contribution in [1.29, 1.82) is 0 Å². The number of aromatic nitrogens is 2. The molecule has 0 radical (unpaired) electrons. The fourth-order valence-corrected chi connectivity index (χ4v) is 4.57. The number of carbonyl (C=O) groups is 1. The Bertz CT molecular complexity index is 584. The van der Waals surface area contributed by atoms with Crippen LogP contribution in [0.5, 0.6) is 0 Å². The van der Waals surface area contributed by atoms with E-state index in [2.05, 4.69) is 4.98 Å². The van der Waals surface area contributed by atoms with E-state index < -0.39 is 6.55 Å². The van der Waals surface area contributed by atoms with Crippen LogP contribution < -0.4 is 0 Å². The number of amides is 1. The van der Waals surface area contributed by atoms with Crippen molar-refractivity contribution in [2.75, 3.05) is 0 Å². The molecule has 1 amide bonds. The zero-order valence-electron chi connectivity index (χ0n) is 13.2. The van der Waals surface area contributed by atoms with E-state index in [0.29, 0.717) is 18.3 Å². The predicted octanol–water partition coefficient (Wildman–Crippen LogP) is 3.60. The van der Waals surface area contributed by atoms with Gasteiger partial charge in [-0.05, 0) is 49.9 Å². The quantitative estimate of drug-likeness (QED) is 0.802. The first-order chi connectivity index (χ1) is 11.1. The lowest BCUT2D eigenvalue weighted by Gasteiger charge is -2.27. The topological polar surface area (TPSA) is 38.1 Å². The summed E-state index contributed by atoms with van der Waals surface area (Å²) in [6.07, 6.45) is 10.3. The number of halogens is 2. The third kappa shape index (κ3) is 3.00. The fourth-order valence-electron chi connectivity index (χ4n) is 4.57. The SMILES string of the molecule is O=C(CC1CC2CCC1C2)N(Cc1nccn1C(F)F)C1CC1. The van der Waals surface area contributed by atoms with Crippen LogP contribution in [0.15, 0.2) is 12.4 Å². The van der Waals surface area contributed by atoms with Crippen LogP contribution in [0.2, 0.25) is 0 Å². The van der Waals surface area contributed by atoms with Crippen LogP contribution in [0.4, 0.5) is 8.78 Å². The van der Waals surface area contributed by atoms with Crippen LogP contribution in [0.3, 0.4) is 0 Å². The Balaban J connectivity index is 1.43. The van der Waals surface area contributed by atoms with Gasteiger partial charge in [-0.25, -0.2) is 4.98 Å². The second kappa shape index (κ2) is 5.87. The van der Waals surface area contributed by atoms with Gasteiger partial charge < -0.3 is 4.90 Å². The highest BCUT2D eigenvalue weighted by Gasteiger charge is 2.42. The maximum absolute atomic E-state index is 13.0. The van der Waals surface area contributed by atoms with Crippen molar-refractivity contribution in [3.63, 3.8) is 0 Å². The lowest BCUT2D eigenvalue weighted by Crippen LogP contribution is -2.35. The van der Waals surface area contributed by atoms with Gasteiger partial charge in [0.1, 0.15) is 5.82 Å². The first-order valence-corrected chi connectivity index (χ1v) is 8.71. The molecule has 3 atom stereocenters. The van der Waals surface area contributed by atoms with Crippen LogP contribution in [0.25, 0.3) is 0 Å². The Morgan fingerprint density at radius 3 is 2.74 bits per heavy atom. The van der Waals surface area contributed by atoms with Gasteiger partial charge >= 0.3 is 6.55 Å². The first kappa shape index (κ1) is 15.1. The fraction of sp³-hybridized carbons (Fsp3) is 0.765. The molecule has 3 aliphatic carbocycles. The van der Waals surface area contributed by atoms with Gasteiger partial charge in [-0.2, -0.15) is 8.78 Å². The predicted molar refractivity (Wildman–Crippen MR) is 80.6 cm³/mol. The molecule has 0 aromatic carbocycles. The average molecular weight is 323 g/mol. The molecule has 1 heterocycles. The molecule has 23 heavy (non-hydrogen) atoms. The van der Waals surface area contributed by atoms with E-state index in [-0.39, 0.29) is 24.3 Å². The van der Waals surface area contributed by atoms with E-state index >= 15 is 0 Å². The van der Waals surface area contributed by atoms with Crippen molar-refractivity contribution in [2.45, 2.75) is 64.1 Å². The van der Waals surface area contributed by atoms with E-state index in [1.807, 2.05) is 0 Å². The van der Waals surface area contributed by atoms with Crippen molar-refractivity contribution >= 4 is 5.91 Å². The molecule has 126 valence electrons. The van der Waals surface area contributed by atoms with Crippen molar-refractivity contribution < 1.29 is 13.6 Å². The van der Waals surface area contributed by atoms with Crippen LogP contribution >= 0.6 is 0 Å². The molecule has 2 bridgehead atoms. The van der Waals surface area contributed by atoms with E-state index in [4.69, 9.17) is 0 Å². The van der Waals surface area contributed by atoms with Crippen molar-refractivity contribution in [3.05, 3.63) is 18.2 Å². The molecule has 1 aromatic rings. The summed E-state index contributed by atoms with van der Waals surface area (Å²) >= 11 is 0. The number of fused-ring (bicyclic) bond motifs is 2. The Hall–Kier alpha value is -1.46. The lowest BCUT2D eigenvalue weighted by molar-refractivity contribution is -0.134. The number of carbonyl (C=O) groups excluding carboxylic acids is 1. The van der Waals surface area contributed by atoms with E-state index in [9.17, 15) is 13.6 Å². The molecule has 3 saturated carbocycles. The summed E-state index contributed by atoms with van der Waals surface area (Å²) in [6, 6.07) is 0.226. The molecule has 3 fully saturated rings. The van der Waals surface area contributed by atoms with Crippen molar-refractivity contribution in [1.82, 2.24) is 14.5 Å². The molecular formula is C17H23F2N3O. The summed E-state index contributed by atoms with van der Waals surface area (Å²) in [5.74, 6) is 2.47. The maximum atomic E-state index is 13.0. The molecule has 3 unspecified atom stereocenters. The molecular weight excluding hydrogens is 300 g/mol. The van der Waals surface area contributed by atoms with Gasteiger partial charge in [0.2, 0.25) is 5.91 Å². The molecule has 0 N–H and O–H groups in total. The smallest absolute Gasteiger partial charge is 0.319 e. The Morgan fingerprint density at radius 1 is 1.30 bits per heavy atom. The number of nitrogens with zero attached hydrogens (tertiary/aromatic N) is 3. The van der Waals surface area contributed by atoms with Crippen molar-refractivity contribution in [2.24, 2.45) is 17.8 Å². The molecule has 0 spiro atoms. The van der Waals surface area contributed by atoms with Gasteiger partial charge in [0.25, 0.3) is 0 Å². The molecule has 0 aliphatic heterocycles. The van der Waals surface area contributed by atoms with E-state index in [1.165, 1.54) is 38.1 Å². The zero-order valence-corrected chi connectivity index (χ0v) is 13.2. The number of imidazole rings is 1. The summed E-state index contributed by atoms with van der Waals surface area (Å²) in [5, 5.41) is 0. The maximum Gasteiger partial charge on any atom is 0.319 e. The second-order valence-electron chi connectivity index (χ2n) is 7.42. The number of hydrogen-bond donors (Lipinski definition) is 0. The van der Waals surface area contributed by atoms with Crippen LogP contribution in [-0.2, 0) is 11.3 Å². The molecule has 4 rings (SSSR count). The average Bonchev–Trinajstić information content (AvgIpc) is 2.95. The summed E-state index contributed by atoms with van der Waals surface area (Å²) < 4.78 is 26.8. The molecule has 0 saturated heterocycles. The van der Waals surface area contributed by atoms with E-state index in [0.717, 1.165) is 23.3 Å². The first-order valence-electron chi connectivity index (χ1n) is 8.71. The lowest BCUT2D eigenvalue weighted by atomic mass is 9.86. The molecule has 3 aliphatic rings. The third-order valence-corrected chi connectivity index (χ3v) is 5.90. The van der Waals surface area contributed by atoms with Gasteiger partial charge in [-0.15, -0.1) is 0 Å². The van der Waals surface area contributed by atoms with Crippen LogP contribution in [0, 0.1) is 17.8 Å². The number of alkyl halides is 2. The minimum absolute atomic E-state index is 0.133. The van der Waals surface area contributed by atoms with E-state index in [1.54, 1.807) is 4.90 Å². The highest BCUT2D eigenvalue weighted by atomic mass is 19.3. The standard InChI is InChI=1S/C17H23F2N3O/c18-17(19)21-6-5-20-15(21)10-22(14-3-4-14)16(23)9-13-8-11-1-2-12(13)7-11/h5-6,11-14,17H,1-4,7-10H2. The largest absolute Gasteiger partial charge is 0.332 e. The monoisotopic (exact) mass is 323 g/mol. The van der Waals surface area contributed by atoms with Gasteiger partial charge in [0.15, 0.2) is 0 Å².